The second-order valence-corrected chi connectivity index (χ2v) is 8.22. The number of nitrogens with one attached hydrogen (secondary N) is 2. The van der Waals surface area contributed by atoms with E-state index in [9.17, 15) is 9.00 Å². The third-order valence-corrected chi connectivity index (χ3v) is 5.76. The Kier molecular flexibility index (Phi) is 9.82. The van der Waals surface area contributed by atoms with Gasteiger partial charge in [-0.2, -0.15) is 0 Å². The molecule has 1 aromatic rings. The molecule has 1 aliphatic heterocycles. The van der Waals surface area contributed by atoms with E-state index in [-0.39, 0.29) is 12.1 Å². The van der Waals surface area contributed by atoms with Crippen molar-refractivity contribution in [3.8, 4) is 0 Å². The van der Waals surface area contributed by atoms with E-state index in [0.717, 1.165) is 30.9 Å². The number of likely N-dealkylation sites (tertiary alicyclic amines) is 1. The van der Waals surface area contributed by atoms with Crippen LogP contribution in [0.25, 0.3) is 0 Å². The number of hydrogen-bond acceptors (Lipinski definition) is 4. The van der Waals surface area contributed by atoms with Crippen molar-refractivity contribution >= 4 is 22.9 Å². The van der Waals surface area contributed by atoms with Gasteiger partial charge in [-0.25, -0.2) is 4.79 Å². The Labute approximate surface area is 170 Å². The summed E-state index contributed by atoms with van der Waals surface area (Å²) in [6.45, 7) is 6.87. The summed E-state index contributed by atoms with van der Waals surface area (Å²) >= 11 is 0. The molecule has 0 aliphatic carbocycles. The standard InChI is InChI=1S/C20H32N4O3S/c1-3-21-19(22-12-15-28(26)16-17-8-6-5-7-9-17)23-18-10-13-24(14-11-18)20(25)27-4-2/h5-9,18H,3-4,10-16H2,1-2H3,(H2,21,22,23). The number of nitrogens with zero attached hydrogens (tertiary/aromatic N) is 2. The molecule has 0 saturated carbocycles. The van der Waals surface area contributed by atoms with Crippen molar-refractivity contribution in [3.05, 3.63) is 35.9 Å². The first-order valence-corrected chi connectivity index (χ1v) is 11.5. The highest BCUT2D eigenvalue weighted by Crippen LogP contribution is 2.11. The van der Waals surface area contributed by atoms with Gasteiger partial charge in [0.1, 0.15) is 0 Å². The molecule has 0 aromatic heterocycles. The summed E-state index contributed by atoms with van der Waals surface area (Å²) in [7, 11) is -0.931. The molecule has 7 nitrogen and oxygen atoms in total. The van der Waals surface area contributed by atoms with Crippen LogP contribution in [0, 0.1) is 0 Å². The minimum Gasteiger partial charge on any atom is -0.450 e. The van der Waals surface area contributed by atoms with Crippen LogP contribution in [0.1, 0.15) is 32.3 Å². The Morgan fingerprint density at radius 1 is 1.25 bits per heavy atom. The van der Waals surface area contributed by atoms with Crippen molar-refractivity contribution < 1.29 is 13.7 Å². The largest absolute Gasteiger partial charge is 0.450 e. The Hall–Kier alpha value is -2.09. The fourth-order valence-electron chi connectivity index (χ4n) is 3.03. The first-order valence-electron chi connectivity index (χ1n) is 9.97. The number of carbonyl (C=O) groups is 1. The average molecular weight is 409 g/mol. The predicted octanol–water partition coefficient (Wildman–Crippen LogP) is 2.11. The van der Waals surface area contributed by atoms with Crippen LogP contribution >= 0.6 is 0 Å². The highest BCUT2D eigenvalue weighted by atomic mass is 32.2. The number of piperidine rings is 1. The van der Waals surface area contributed by atoms with Gasteiger partial charge in [0, 0.05) is 48.0 Å². The van der Waals surface area contributed by atoms with Crippen LogP contribution in [0.2, 0.25) is 0 Å². The van der Waals surface area contributed by atoms with Crippen molar-refractivity contribution in [2.75, 3.05) is 38.5 Å². The van der Waals surface area contributed by atoms with E-state index in [0.29, 0.717) is 37.7 Å². The van der Waals surface area contributed by atoms with Crippen LogP contribution in [-0.2, 0) is 21.3 Å². The van der Waals surface area contributed by atoms with Crippen LogP contribution in [-0.4, -0.2) is 65.7 Å². The summed E-state index contributed by atoms with van der Waals surface area (Å²) in [5.41, 5.74) is 1.09. The Bertz CT molecular complexity index is 646. The smallest absolute Gasteiger partial charge is 0.409 e. The molecule has 1 atom stereocenters. The van der Waals surface area contributed by atoms with E-state index in [2.05, 4.69) is 15.6 Å². The lowest BCUT2D eigenvalue weighted by molar-refractivity contribution is 0.0963. The van der Waals surface area contributed by atoms with Crippen molar-refractivity contribution in [2.24, 2.45) is 4.99 Å². The summed E-state index contributed by atoms with van der Waals surface area (Å²) in [5.74, 6) is 1.84. The fraction of sp³-hybridized carbons (Fsp3) is 0.600. The van der Waals surface area contributed by atoms with Gasteiger partial charge in [-0.05, 0) is 32.3 Å². The molecule has 0 spiro atoms. The van der Waals surface area contributed by atoms with E-state index in [4.69, 9.17) is 4.74 Å². The van der Waals surface area contributed by atoms with E-state index < -0.39 is 10.8 Å². The molecule has 28 heavy (non-hydrogen) atoms. The molecule has 8 heteroatoms. The molecular weight excluding hydrogens is 376 g/mol. The van der Waals surface area contributed by atoms with Crippen LogP contribution in [0.5, 0.6) is 0 Å². The Morgan fingerprint density at radius 2 is 1.96 bits per heavy atom. The summed E-state index contributed by atoms with van der Waals surface area (Å²) in [4.78, 5) is 18.1. The highest BCUT2D eigenvalue weighted by Gasteiger charge is 2.24. The third-order valence-electron chi connectivity index (χ3n) is 4.47. The minimum absolute atomic E-state index is 0.234. The number of carbonyl (C=O) groups excluding carboxylic acids is 1. The fourth-order valence-corrected chi connectivity index (χ4v) is 4.03. The van der Waals surface area contributed by atoms with E-state index >= 15 is 0 Å². The van der Waals surface area contributed by atoms with Gasteiger partial charge >= 0.3 is 6.09 Å². The SMILES string of the molecule is CCNC(=NCCS(=O)Cc1ccccc1)NC1CCN(C(=O)OCC)CC1. The molecule has 156 valence electrons. The van der Waals surface area contributed by atoms with Gasteiger partial charge in [0.05, 0.1) is 13.2 Å². The van der Waals surface area contributed by atoms with Gasteiger partial charge in [-0.15, -0.1) is 0 Å². The normalized spacial score (nSPS) is 16.5. The van der Waals surface area contributed by atoms with Gasteiger partial charge in [0.25, 0.3) is 0 Å². The van der Waals surface area contributed by atoms with Crippen LogP contribution in [0.3, 0.4) is 0 Å². The Morgan fingerprint density at radius 3 is 2.61 bits per heavy atom. The molecule has 0 bridgehead atoms. The van der Waals surface area contributed by atoms with Crippen molar-refractivity contribution in [1.82, 2.24) is 15.5 Å². The molecule has 2 rings (SSSR count). The lowest BCUT2D eigenvalue weighted by atomic mass is 10.1. The van der Waals surface area contributed by atoms with Crippen LogP contribution < -0.4 is 10.6 Å². The zero-order valence-electron chi connectivity index (χ0n) is 16.9. The first kappa shape index (κ1) is 22.2. The average Bonchev–Trinajstić information content (AvgIpc) is 2.69. The topological polar surface area (TPSA) is 83.0 Å². The van der Waals surface area contributed by atoms with Crippen molar-refractivity contribution in [1.29, 1.82) is 0 Å². The van der Waals surface area contributed by atoms with E-state index in [1.54, 1.807) is 4.90 Å². The quantitative estimate of drug-likeness (QED) is 0.508. The summed E-state index contributed by atoms with van der Waals surface area (Å²) in [6.07, 6.45) is 1.47. The molecule has 1 fully saturated rings. The van der Waals surface area contributed by atoms with Crippen molar-refractivity contribution in [3.63, 3.8) is 0 Å². The van der Waals surface area contributed by atoms with Crippen molar-refractivity contribution in [2.45, 2.75) is 38.5 Å². The van der Waals surface area contributed by atoms with Gasteiger partial charge in [0.2, 0.25) is 0 Å². The number of rotatable bonds is 8. The molecule has 1 aromatic carbocycles. The molecule has 1 saturated heterocycles. The maximum Gasteiger partial charge on any atom is 0.409 e. The van der Waals surface area contributed by atoms with Crippen LogP contribution in [0.15, 0.2) is 35.3 Å². The van der Waals surface area contributed by atoms with E-state index in [1.807, 2.05) is 44.2 Å². The predicted molar refractivity (Wildman–Crippen MR) is 114 cm³/mol. The monoisotopic (exact) mass is 408 g/mol. The molecule has 2 N–H and O–H groups in total. The molecule has 0 radical (unpaired) electrons. The Balaban J connectivity index is 1.76. The van der Waals surface area contributed by atoms with Crippen LogP contribution in [0.4, 0.5) is 4.79 Å². The lowest BCUT2D eigenvalue weighted by Gasteiger charge is -2.32. The second-order valence-electron chi connectivity index (χ2n) is 6.64. The number of guanidine groups is 1. The highest BCUT2D eigenvalue weighted by molar-refractivity contribution is 7.84. The van der Waals surface area contributed by atoms with Gasteiger partial charge in [0.15, 0.2) is 5.96 Å². The van der Waals surface area contributed by atoms with E-state index in [1.165, 1.54) is 0 Å². The number of ether oxygens (including phenoxy) is 1. The summed E-state index contributed by atoms with van der Waals surface area (Å²) in [6, 6.07) is 10.1. The third kappa shape index (κ3) is 7.88. The van der Waals surface area contributed by atoms with Gasteiger partial charge in [-0.3, -0.25) is 9.20 Å². The second kappa shape index (κ2) is 12.4. The molecule has 1 amide bonds. The molecule has 1 aliphatic rings. The maximum absolute atomic E-state index is 12.2. The lowest BCUT2D eigenvalue weighted by Crippen LogP contribution is -2.50. The first-order chi connectivity index (χ1) is 13.6. The zero-order chi connectivity index (χ0) is 20.2. The van der Waals surface area contributed by atoms with Gasteiger partial charge in [-0.1, -0.05) is 30.3 Å². The minimum atomic E-state index is -0.931. The molecular formula is C20H32N4O3S. The van der Waals surface area contributed by atoms with Gasteiger partial charge < -0.3 is 20.3 Å². The maximum atomic E-state index is 12.2. The zero-order valence-corrected chi connectivity index (χ0v) is 17.7. The molecule has 1 heterocycles. The molecule has 1 unspecified atom stereocenters. The summed E-state index contributed by atoms with van der Waals surface area (Å²) in [5, 5.41) is 6.68. The number of amides is 1. The number of aliphatic imine (C=N–C) groups is 1. The number of benzene rings is 1. The summed E-state index contributed by atoms with van der Waals surface area (Å²) < 4.78 is 17.3. The number of hydrogen-bond donors (Lipinski definition) is 2.